The zero-order chi connectivity index (χ0) is 16.9. The summed E-state index contributed by atoms with van der Waals surface area (Å²) in [6.45, 7) is 1.58. The number of hydrogen-bond donors (Lipinski definition) is 2. The number of benzene rings is 1. The van der Waals surface area contributed by atoms with Crippen molar-refractivity contribution in [2.45, 2.75) is 23.3 Å². The van der Waals surface area contributed by atoms with E-state index in [2.05, 4.69) is 10.0 Å². The summed E-state index contributed by atoms with van der Waals surface area (Å²) in [7, 11) is 0.901. The second-order valence-electron chi connectivity index (χ2n) is 5.62. The van der Waals surface area contributed by atoms with E-state index in [0.29, 0.717) is 18.1 Å². The first kappa shape index (κ1) is 18.0. The Morgan fingerprint density at radius 1 is 1.17 bits per heavy atom. The van der Waals surface area contributed by atoms with E-state index in [9.17, 15) is 8.42 Å². The van der Waals surface area contributed by atoms with Crippen LogP contribution in [0.15, 0.2) is 23.1 Å². The lowest BCUT2D eigenvalue weighted by Crippen LogP contribution is -2.52. The van der Waals surface area contributed by atoms with Crippen LogP contribution < -0.4 is 19.5 Å². The summed E-state index contributed by atoms with van der Waals surface area (Å²) in [4.78, 5) is 0.110. The third-order valence-corrected chi connectivity index (χ3v) is 5.37. The summed E-state index contributed by atoms with van der Waals surface area (Å²) in [5, 5.41) is 3.34. The molecule has 130 valence electrons. The average molecular weight is 344 g/mol. The van der Waals surface area contributed by atoms with E-state index in [-0.39, 0.29) is 17.0 Å². The van der Waals surface area contributed by atoms with Crippen LogP contribution in [0.1, 0.15) is 12.8 Å². The molecule has 1 saturated heterocycles. The maximum Gasteiger partial charge on any atom is 0.240 e. The van der Waals surface area contributed by atoms with Crippen molar-refractivity contribution in [3.8, 4) is 11.5 Å². The molecule has 1 aliphatic heterocycles. The van der Waals surface area contributed by atoms with Crippen LogP contribution in [-0.2, 0) is 14.8 Å². The quantitative estimate of drug-likeness (QED) is 0.724. The third-order valence-electron chi connectivity index (χ3n) is 3.99. The van der Waals surface area contributed by atoms with Crippen LogP contribution in [0.5, 0.6) is 11.5 Å². The molecule has 7 nitrogen and oxygen atoms in total. The Hall–Kier alpha value is -1.35. The van der Waals surface area contributed by atoms with E-state index in [1.807, 2.05) is 0 Å². The molecular weight excluding hydrogens is 320 g/mol. The molecule has 0 saturated carbocycles. The standard InChI is InChI=1S/C15H24N2O5S/c1-20-11-15(5-4-6-16-15)10-17-23(18,19)14-8-12(21-2)7-13(9-14)22-3/h7-9,16-17H,4-6,10-11H2,1-3H3. The van der Waals surface area contributed by atoms with Crippen molar-refractivity contribution in [1.29, 1.82) is 0 Å². The number of rotatable bonds is 8. The first-order chi connectivity index (χ1) is 10.9. The Morgan fingerprint density at radius 2 is 1.83 bits per heavy atom. The van der Waals surface area contributed by atoms with Crippen LogP contribution in [0.3, 0.4) is 0 Å². The number of nitrogens with one attached hydrogen (secondary N) is 2. The molecule has 1 aromatic carbocycles. The molecular formula is C15H24N2O5S. The van der Waals surface area contributed by atoms with Crippen LogP contribution in [0.4, 0.5) is 0 Å². The minimum atomic E-state index is -3.67. The molecule has 1 fully saturated rings. The first-order valence-corrected chi connectivity index (χ1v) is 8.90. The Morgan fingerprint density at radius 3 is 2.30 bits per heavy atom. The normalized spacial score (nSPS) is 21.3. The van der Waals surface area contributed by atoms with E-state index in [0.717, 1.165) is 19.4 Å². The van der Waals surface area contributed by atoms with Gasteiger partial charge in [-0.2, -0.15) is 0 Å². The minimum absolute atomic E-state index is 0.110. The highest BCUT2D eigenvalue weighted by atomic mass is 32.2. The predicted molar refractivity (Wildman–Crippen MR) is 86.6 cm³/mol. The van der Waals surface area contributed by atoms with E-state index in [4.69, 9.17) is 14.2 Å². The molecule has 0 spiro atoms. The van der Waals surface area contributed by atoms with Gasteiger partial charge in [0.05, 0.1) is 31.3 Å². The van der Waals surface area contributed by atoms with Crippen molar-refractivity contribution < 1.29 is 22.6 Å². The smallest absolute Gasteiger partial charge is 0.240 e. The summed E-state index contributed by atoms with van der Waals surface area (Å²) in [6, 6.07) is 4.57. The maximum absolute atomic E-state index is 12.6. The lowest BCUT2D eigenvalue weighted by molar-refractivity contribution is 0.122. The predicted octanol–water partition coefficient (Wildman–Crippen LogP) is 0.751. The van der Waals surface area contributed by atoms with Crippen LogP contribution in [0.25, 0.3) is 0 Å². The molecule has 1 aromatic rings. The zero-order valence-corrected chi connectivity index (χ0v) is 14.5. The maximum atomic E-state index is 12.6. The van der Waals surface area contributed by atoms with Crippen molar-refractivity contribution in [3.05, 3.63) is 18.2 Å². The fourth-order valence-corrected chi connectivity index (χ4v) is 3.90. The number of ether oxygens (including phenoxy) is 3. The van der Waals surface area contributed by atoms with Gasteiger partial charge in [0.15, 0.2) is 0 Å². The summed E-state index contributed by atoms with van der Waals surface area (Å²) in [6.07, 6.45) is 1.86. The second kappa shape index (κ2) is 7.48. The van der Waals surface area contributed by atoms with Gasteiger partial charge >= 0.3 is 0 Å². The van der Waals surface area contributed by atoms with Crippen LogP contribution in [0, 0.1) is 0 Å². The highest BCUT2D eigenvalue weighted by molar-refractivity contribution is 7.89. The van der Waals surface area contributed by atoms with Crippen molar-refractivity contribution in [3.63, 3.8) is 0 Å². The Balaban J connectivity index is 2.18. The molecule has 2 N–H and O–H groups in total. The second-order valence-corrected chi connectivity index (χ2v) is 7.38. The third kappa shape index (κ3) is 4.35. The van der Waals surface area contributed by atoms with Crippen molar-refractivity contribution in [2.75, 3.05) is 41.0 Å². The number of hydrogen-bond acceptors (Lipinski definition) is 6. The fraction of sp³-hybridized carbons (Fsp3) is 0.600. The molecule has 1 unspecified atom stereocenters. The molecule has 1 heterocycles. The van der Waals surface area contributed by atoms with Crippen LogP contribution in [0.2, 0.25) is 0 Å². The van der Waals surface area contributed by atoms with Gasteiger partial charge in [0, 0.05) is 31.9 Å². The lowest BCUT2D eigenvalue weighted by atomic mass is 9.99. The molecule has 0 radical (unpaired) electrons. The molecule has 0 aliphatic carbocycles. The Bertz CT molecular complexity index is 605. The largest absolute Gasteiger partial charge is 0.497 e. The van der Waals surface area contributed by atoms with Gasteiger partial charge in [-0.3, -0.25) is 0 Å². The van der Waals surface area contributed by atoms with Gasteiger partial charge in [0.1, 0.15) is 11.5 Å². The summed E-state index contributed by atoms with van der Waals surface area (Å²) >= 11 is 0. The van der Waals surface area contributed by atoms with E-state index >= 15 is 0 Å². The number of sulfonamides is 1. The van der Waals surface area contributed by atoms with E-state index in [1.54, 1.807) is 13.2 Å². The van der Waals surface area contributed by atoms with Gasteiger partial charge in [-0.25, -0.2) is 13.1 Å². The average Bonchev–Trinajstić information content (AvgIpc) is 3.02. The van der Waals surface area contributed by atoms with E-state index in [1.165, 1.54) is 26.4 Å². The minimum Gasteiger partial charge on any atom is -0.497 e. The molecule has 0 amide bonds. The highest BCUT2D eigenvalue weighted by Gasteiger charge is 2.34. The Labute approximate surface area is 137 Å². The summed E-state index contributed by atoms with van der Waals surface area (Å²) < 4.78 is 43.3. The summed E-state index contributed by atoms with van der Waals surface area (Å²) in [5.41, 5.74) is -0.356. The monoisotopic (exact) mass is 344 g/mol. The zero-order valence-electron chi connectivity index (χ0n) is 13.7. The molecule has 8 heteroatoms. The molecule has 23 heavy (non-hydrogen) atoms. The SMILES string of the molecule is COCC1(CNS(=O)(=O)c2cc(OC)cc(OC)c2)CCCN1. The molecule has 2 rings (SSSR count). The van der Waals surface area contributed by atoms with Crippen LogP contribution >= 0.6 is 0 Å². The molecule has 0 bridgehead atoms. The summed E-state index contributed by atoms with van der Waals surface area (Å²) in [5.74, 6) is 0.852. The number of methoxy groups -OCH3 is 3. The van der Waals surface area contributed by atoms with E-state index < -0.39 is 10.0 Å². The van der Waals surface area contributed by atoms with Gasteiger partial charge in [-0.1, -0.05) is 0 Å². The molecule has 0 aromatic heterocycles. The molecule has 1 aliphatic rings. The van der Waals surface area contributed by atoms with Crippen LogP contribution in [-0.4, -0.2) is 55.0 Å². The van der Waals surface area contributed by atoms with Crippen molar-refractivity contribution in [2.24, 2.45) is 0 Å². The first-order valence-electron chi connectivity index (χ1n) is 7.41. The van der Waals surface area contributed by atoms with Gasteiger partial charge in [0.2, 0.25) is 10.0 Å². The van der Waals surface area contributed by atoms with Gasteiger partial charge in [-0.05, 0) is 19.4 Å². The Kier molecular flexibility index (Phi) is 5.85. The van der Waals surface area contributed by atoms with Gasteiger partial charge in [-0.15, -0.1) is 0 Å². The van der Waals surface area contributed by atoms with Crippen molar-refractivity contribution in [1.82, 2.24) is 10.0 Å². The highest BCUT2D eigenvalue weighted by Crippen LogP contribution is 2.26. The van der Waals surface area contributed by atoms with Gasteiger partial charge < -0.3 is 19.5 Å². The topological polar surface area (TPSA) is 85.9 Å². The fourth-order valence-electron chi connectivity index (χ4n) is 2.72. The lowest BCUT2D eigenvalue weighted by Gasteiger charge is -2.28. The van der Waals surface area contributed by atoms with Gasteiger partial charge in [0.25, 0.3) is 0 Å². The van der Waals surface area contributed by atoms with Crippen molar-refractivity contribution >= 4 is 10.0 Å². The molecule has 1 atom stereocenters.